The molecule has 1 aromatic heterocycles. The molecule has 2 aliphatic rings. The zero-order chi connectivity index (χ0) is 22.5. The number of carbonyl (C=O) groups excluding carboxylic acids is 2. The number of benzene rings is 1. The summed E-state index contributed by atoms with van der Waals surface area (Å²) >= 11 is 1.55. The Morgan fingerprint density at radius 3 is 2.66 bits per heavy atom. The summed E-state index contributed by atoms with van der Waals surface area (Å²) in [6.07, 6.45) is 3.94. The van der Waals surface area contributed by atoms with Crippen molar-refractivity contribution in [3.8, 4) is 0 Å². The molecular formula is C25H33N3O3S. The second-order valence-electron chi connectivity index (χ2n) is 8.99. The van der Waals surface area contributed by atoms with Gasteiger partial charge in [-0.2, -0.15) is 0 Å². The molecule has 1 fully saturated rings. The maximum atomic E-state index is 12.9. The lowest BCUT2D eigenvalue weighted by Crippen LogP contribution is -2.36. The highest BCUT2D eigenvalue weighted by atomic mass is 32.1. The first-order valence-corrected chi connectivity index (χ1v) is 12.4. The largest absolute Gasteiger partial charge is 0.465 e. The fraction of sp³-hybridized carbons (Fsp3) is 0.520. The molecule has 172 valence electrons. The highest BCUT2D eigenvalue weighted by Crippen LogP contribution is 2.40. The highest BCUT2D eigenvalue weighted by molar-refractivity contribution is 7.17. The number of hydrogen-bond donors (Lipinski definition) is 1. The van der Waals surface area contributed by atoms with E-state index >= 15 is 0 Å². The Kier molecular flexibility index (Phi) is 7.60. The molecule has 1 aromatic carbocycles. The first-order chi connectivity index (χ1) is 15.5. The third-order valence-electron chi connectivity index (χ3n) is 6.45. The van der Waals surface area contributed by atoms with Crippen molar-refractivity contribution < 1.29 is 14.3 Å². The van der Waals surface area contributed by atoms with Gasteiger partial charge in [-0.3, -0.25) is 14.6 Å². The van der Waals surface area contributed by atoms with Crippen molar-refractivity contribution in [1.82, 2.24) is 9.80 Å². The van der Waals surface area contributed by atoms with E-state index in [1.165, 1.54) is 17.6 Å². The Balaban J connectivity index is 1.36. The number of carbonyl (C=O) groups is 2. The number of ether oxygens (including phenoxy) is 1. The Morgan fingerprint density at radius 2 is 1.88 bits per heavy atom. The molecular weight excluding hydrogens is 422 g/mol. The minimum atomic E-state index is -0.348. The topological polar surface area (TPSA) is 61.9 Å². The lowest BCUT2D eigenvalue weighted by Gasteiger charge is -2.21. The van der Waals surface area contributed by atoms with Crippen molar-refractivity contribution in [3.05, 3.63) is 51.9 Å². The number of methoxy groups -OCH3 is 1. The molecule has 0 saturated carbocycles. The van der Waals surface area contributed by atoms with E-state index in [0.29, 0.717) is 23.0 Å². The van der Waals surface area contributed by atoms with Gasteiger partial charge < -0.3 is 10.1 Å². The van der Waals surface area contributed by atoms with Gasteiger partial charge in [-0.1, -0.05) is 37.3 Å². The molecule has 1 saturated heterocycles. The normalized spacial score (nSPS) is 19.8. The first kappa shape index (κ1) is 23.0. The molecule has 2 aromatic rings. The number of fused-ring (bicyclic) bond motifs is 1. The van der Waals surface area contributed by atoms with Crippen molar-refractivity contribution in [2.75, 3.05) is 45.2 Å². The van der Waals surface area contributed by atoms with E-state index in [9.17, 15) is 9.59 Å². The van der Waals surface area contributed by atoms with Crippen LogP contribution in [0.25, 0.3) is 0 Å². The lowest BCUT2D eigenvalue weighted by molar-refractivity contribution is -0.117. The van der Waals surface area contributed by atoms with E-state index in [1.807, 2.05) is 6.07 Å². The number of rotatable bonds is 6. The fourth-order valence-electron chi connectivity index (χ4n) is 4.71. The van der Waals surface area contributed by atoms with E-state index in [4.69, 9.17) is 4.74 Å². The van der Waals surface area contributed by atoms with Crippen LogP contribution in [-0.2, 0) is 28.9 Å². The fourth-order valence-corrected chi connectivity index (χ4v) is 6.12. The molecule has 0 spiro atoms. The number of hydrogen-bond acceptors (Lipinski definition) is 6. The highest BCUT2D eigenvalue weighted by Gasteiger charge is 2.29. The molecule has 1 atom stereocenters. The SMILES string of the molecule is COC(=O)c1c(NC(=O)CN2CCCN(Cc3ccccc3)CC2)sc2c1CCC(C)C2. The maximum absolute atomic E-state index is 12.9. The summed E-state index contributed by atoms with van der Waals surface area (Å²) in [6, 6.07) is 10.5. The van der Waals surface area contributed by atoms with Crippen LogP contribution in [0, 0.1) is 5.92 Å². The summed E-state index contributed by atoms with van der Waals surface area (Å²) in [5.41, 5.74) is 2.96. The van der Waals surface area contributed by atoms with Gasteiger partial charge in [0.25, 0.3) is 0 Å². The van der Waals surface area contributed by atoms with Crippen LogP contribution in [0.5, 0.6) is 0 Å². The molecule has 0 radical (unpaired) electrons. The molecule has 4 rings (SSSR count). The number of nitrogens with zero attached hydrogens (tertiary/aromatic N) is 2. The molecule has 32 heavy (non-hydrogen) atoms. The molecule has 7 heteroatoms. The zero-order valence-corrected chi connectivity index (χ0v) is 19.9. The summed E-state index contributed by atoms with van der Waals surface area (Å²) < 4.78 is 5.04. The average molecular weight is 456 g/mol. The second-order valence-corrected chi connectivity index (χ2v) is 10.1. The Bertz CT molecular complexity index is 943. The summed E-state index contributed by atoms with van der Waals surface area (Å²) in [7, 11) is 1.40. The van der Waals surface area contributed by atoms with Crippen molar-refractivity contribution >= 4 is 28.2 Å². The summed E-state index contributed by atoms with van der Waals surface area (Å²) in [5.74, 6) is 0.197. The van der Waals surface area contributed by atoms with Gasteiger partial charge in [0, 0.05) is 24.5 Å². The molecule has 0 bridgehead atoms. The smallest absolute Gasteiger partial charge is 0.341 e. The van der Waals surface area contributed by atoms with Crippen molar-refractivity contribution in [3.63, 3.8) is 0 Å². The minimum absolute atomic E-state index is 0.0571. The van der Waals surface area contributed by atoms with Gasteiger partial charge in [-0.15, -0.1) is 11.3 Å². The Hall–Kier alpha value is -2.22. The molecule has 1 aliphatic heterocycles. The van der Waals surface area contributed by atoms with Crippen LogP contribution in [0.4, 0.5) is 5.00 Å². The Labute approximate surface area is 194 Å². The van der Waals surface area contributed by atoms with Gasteiger partial charge in [-0.05, 0) is 55.8 Å². The average Bonchev–Trinajstić information content (AvgIpc) is 2.98. The predicted molar refractivity (Wildman–Crippen MR) is 128 cm³/mol. The molecule has 6 nitrogen and oxygen atoms in total. The van der Waals surface area contributed by atoms with Crippen LogP contribution in [0.3, 0.4) is 0 Å². The molecule has 2 heterocycles. The van der Waals surface area contributed by atoms with E-state index in [0.717, 1.165) is 64.0 Å². The van der Waals surface area contributed by atoms with Crippen LogP contribution in [0.2, 0.25) is 0 Å². The second kappa shape index (κ2) is 10.6. The quantitative estimate of drug-likeness (QED) is 0.672. The summed E-state index contributed by atoms with van der Waals surface area (Å²) in [5, 5.41) is 3.69. The van der Waals surface area contributed by atoms with E-state index < -0.39 is 0 Å². The van der Waals surface area contributed by atoms with Crippen LogP contribution < -0.4 is 5.32 Å². The maximum Gasteiger partial charge on any atom is 0.341 e. The number of amides is 1. The van der Waals surface area contributed by atoms with E-state index in [1.54, 1.807) is 11.3 Å². The number of thiophene rings is 1. The third kappa shape index (κ3) is 5.57. The van der Waals surface area contributed by atoms with Gasteiger partial charge in [0.05, 0.1) is 19.2 Å². The third-order valence-corrected chi connectivity index (χ3v) is 7.62. The van der Waals surface area contributed by atoms with Crippen LogP contribution in [0.1, 0.15) is 46.1 Å². The predicted octanol–water partition coefficient (Wildman–Crippen LogP) is 3.81. The van der Waals surface area contributed by atoms with Crippen LogP contribution in [0.15, 0.2) is 30.3 Å². The Morgan fingerprint density at radius 1 is 1.12 bits per heavy atom. The van der Waals surface area contributed by atoms with Gasteiger partial charge in [0.2, 0.25) is 5.91 Å². The van der Waals surface area contributed by atoms with Gasteiger partial charge in [0.1, 0.15) is 5.00 Å². The molecule has 1 unspecified atom stereocenters. The van der Waals surface area contributed by atoms with Gasteiger partial charge in [0.15, 0.2) is 0 Å². The van der Waals surface area contributed by atoms with Crippen molar-refractivity contribution in [2.45, 2.75) is 39.2 Å². The zero-order valence-electron chi connectivity index (χ0n) is 19.1. The lowest BCUT2D eigenvalue weighted by atomic mass is 9.88. The first-order valence-electron chi connectivity index (χ1n) is 11.5. The van der Waals surface area contributed by atoms with Gasteiger partial charge in [-0.25, -0.2) is 4.79 Å². The summed E-state index contributed by atoms with van der Waals surface area (Å²) in [6.45, 7) is 7.28. The van der Waals surface area contributed by atoms with Crippen LogP contribution in [-0.4, -0.2) is 61.5 Å². The van der Waals surface area contributed by atoms with E-state index in [-0.39, 0.29) is 11.9 Å². The monoisotopic (exact) mass is 455 g/mol. The number of anilines is 1. The number of nitrogens with one attached hydrogen (secondary N) is 1. The van der Waals surface area contributed by atoms with Crippen molar-refractivity contribution in [2.24, 2.45) is 5.92 Å². The minimum Gasteiger partial charge on any atom is -0.465 e. The van der Waals surface area contributed by atoms with E-state index in [2.05, 4.69) is 46.3 Å². The summed E-state index contributed by atoms with van der Waals surface area (Å²) in [4.78, 5) is 31.2. The molecule has 1 N–H and O–H groups in total. The standard InChI is InChI=1S/C25H33N3O3S/c1-18-9-10-20-21(15-18)32-24(23(20)25(30)31-2)26-22(29)17-28-12-6-11-27(13-14-28)16-19-7-4-3-5-8-19/h3-5,7-8,18H,6,9-17H2,1-2H3,(H,26,29). The van der Waals surface area contributed by atoms with Crippen LogP contribution >= 0.6 is 11.3 Å². The molecule has 1 aliphatic carbocycles. The van der Waals surface area contributed by atoms with Gasteiger partial charge >= 0.3 is 5.97 Å². The number of esters is 1. The van der Waals surface area contributed by atoms with Crippen molar-refractivity contribution in [1.29, 1.82) is 0 Å². The molecule has 1 amide bonds.